The van der Waals surface area contributed by atoms with Crippen molar-refractivity contribution in [3.63, 3.8) is 0 Å². The molecule has 0 radical (unpaired) electrons. The summed E-state index contributed by atoms with van der Waals surface area (Å²) in [5, 5.41) is 18.2. The fourth-order valence-corrected chi connectivity index (χ4v) is 3.11. The SMILES string of the molecule is CCc1nnc(NCc2c3c(nn2C)CCC3)s1. The molecule has 2 aromatic heterocycles. The fourth-order valence-electron chi connectivity index (χ4n) is 2.43. The molecule has 18 heavy (non-hydrogen) atoms. The molecule has 0 spiro atoms. The second-order valence-electron chi connectivity index (χ2n) is 4.56. The lowest BCUT2D eigenvalue weighted by molar-refractivity contribution is 0.688. The van der Waals surface area contributed by atoms with Crippen LogP contribution < -0.4 is 5.32 Å². The maximum atomic E-state index is 4.57. The Kier molecular flexibility index (Phi) is 3.03. The Morgan fingerprint density at radius 1 is 1.33 bits per heavy atom. The van der Waals surface area contributed by atoms with Crippen LogP contribution in [0.25, 0.3) is 0 Å². The topological polar surface area (TPSA) is 55.6 Å². The van der Waals surface area contributed by atoms with Crippen LogP contribution in [0.2, 0.25) is 0 Å². The van der Waals surface area contributed by atoms with E-state index >= 15 is 0 Å². The summed E-state index contributed by atoms with van der Waals surface area (Å²) in [5.41, 5.74) is 4.00. The normalized spacial score (nSPS) is 13.9. The maximum Gasteiger partial charge on any atom is 0.205 e. The Labute approximate surface area is 110 Å². The Balaban J connectivity index is 1.73. The number of rotatable bonds is 4. The Morgan fingerprint density at radius 3 is 3.00 bits per heavy atom. The van der Waals surface area contributed by atoms with E-state index in [1.807, 2.05) is 11.7 Å². The van der Waals surface area contributed by atoms with E-state index in [2.05, 4.69) is 27.5 Å². The minimum absolute atomic E-state index is 0.789. The molecule has 1 aliphatic carbocycles. The van der Waals surface area contributed by atoms with Crippen LogP contribution in [0.5, 0.6) is 0 Å². The molecule has 0 atom stereocenters. The van der Waals surface area contributed by atoms with Gasteiger partial charge in [-0.05, 0) is 31.2 Å². The van der Waals surface area contributed by atoms with Crippen LogP contribution >= 0.6 is 11.3 Å². The van der Waals surface area contributed by atoms with Crippen LogP contribution in [0.15, 0.2) is 0 Å². The van der Waals surface area contributed by atoms with Crippen molar-refractivity contribution in [2.45, 2.75) is 39.2 Å². The van der Waals surface area contributed by atoms with Gasteiger partial charge in [0, 0.05) is 7.05 Å². The highest BCUT2D eigenvalue weighted by atomic mass is 32.1. The first kappa shape index (κ1) is 11.6. The van der Waals surface area contributed by atoms with Gasteiger partial charge in [0.25, 0.3) is 0 Å². The third-order valence-electron chi connectivity index (χ3n) is 3.37. The minimum atomic E-state index is 0.789. The summed E-state index contributed by atoms with van der Waals surface area (Å²) in [6.45, 7) is 2.88. The molecule has 6 heteroatoms. The summed E-state index contributed by atoms with van der Waals surface area (Å²) in [7, 11) is 2.02. The maximum absolute atomic E-state index is 4.57. The summed E-state index contributed by atoms with van der Waals surface area (Å²) in [6.07, 6.45) is 4.48. The Morgan fingerprint density at radius 2 is 2.22 bits per heavy atom. The molecule has 0 amide bonds. The van der Waals surface area contributed by atoms with Crippen molar-refractivity contribution in [1.82, 2.24) is 20.0 Å². The molecule has 1 N–H and O–H groups in total. The van der Waals surface area contributed by atoms with Crippen LogP contribution in [0.4, 0.5) is 5.13 Å². The number of aryl methyl sites for hydroxylation is 3. The van der Waals surface area contributed by atoms with Crippen LogP contribution in [-0.2, 0) is 32.9 Å². The predicted molar refractivity (Wildman–Crippen MR) is 71.8 cm³/mol. The zero-order chi connectivity index (χ0) is 12.5. The number of aromatic nitrogens is 4. The van der Waals surface area contributed by atoms with Crippen LogP contribution in [0, 0.1) is 0 Å². The van der Waals surface area contributed by atoms with E-state index in [4.69, 9.17) is 0 Å². The molecule has 5 nitrogen and oxygen atoms in total. The van der Waals surface area contributed by atoms with Crippen molar-refractivity contribution in [1.29, 1.82) is 0 Å². The van der Waals surface area contributed by atoms with Crippen molar-refractivity contribution in [2.24, 2.45) is 7.05 Å². The zero-order valence-electron chi connectivity index (χ0n) is 10.7. The molecule has 0 bridgehead atoms. The first-order valence-electron chi connectivity index (χ1n) is 6.37. The Bertz CT molecular complexity index is 557. The van der Waals surface area contributed by atoms with Crippen molar-refractivity contribution < 1.29 is 0 Å². The molecular formula is C12H17N5S. The van der Waals surface area contributed by atoms with Gasteiger partial charge in [-0.25, -0.2) is 0 Å². The summed E-state index contributed by atoms with van der Waals surface area (Å²) in [4.78, 5) is 0. The quantitative estimate of drug-likeness (QED) is 0.916. The number of fused-ring (bicyclic) bond motifs is 1. The van der Waals surface area contributed by atoms with Gasteiger partial charge >= 0.3 is 0 Å². The fraction of sp³-hybridized carbons (Fsp3) is 0.583. The predicted octanol–water partition coefficient (Wildman–Crippen LogP) is 1.93. The monoisotopic (exact) mass is 263 g/mol. The van der Waals surface area contributed by atoms with Crippen LogP contribution in [0.3, 0.4) is 0 Å². The third-order valence-corrected chi connectivity index (χ3v) is 4.40. The van der Waals surface area contributed by atoms with Crippen molar-refractivity contribution in [2.75, 3.05) is 5.32 Å². The number of hydrogen-bond acceptors (Lipinski definition) is 5. The molecule has 2 heterocycles. The first-order chi connectivity index (χ1) is 8.78. The van der Waals surface area contributed by atoms with Gasteiger partial charge in [0.05, 0.1) is 17.9 Å². The standard InChI is InChI=1S/C12H17N5S/c1-3-11-14-15-12(18-11)13-7-10-8-5-4-6-9(8)16-17(10)2/h3-7H2,1-2H3,(H,13,15). The van der Waals surface area contributed by atoms with Crippen molar-refractivity contribution in [3.05, 3.63) is 22.0 Å². The molecule has 1 aliphatic rings. The molecule has 0 aliphatic heterocycles. The summed E-state index contributed by atoms with van der Waals surface area (Å²) in [5.74, 6) is 0. The molecule has 0 unspecified atom stereocenters. The molecule has 96 valence electrons. The van der Waals surface area contributed by atoms with Gasteiger partial charge in [0.1, 0.15) is 5.01 Å². The van der Waals surface area contributed by atoms with E-state index in [0.29, 0.717) is 0 Å². The van der Waals surface area contributed by atoms with E-state index in [1.54, 1.807) is 11.3 Å². The van der Waals surface area contributed by atoms with Gasteiger partial charge in [-0.3, -0.25) is 4.68 Å². The second kappa shape index (κ2) is 4.68. The molecule has 0 saturated heterocycles. The third kappa shape index (κ3) is 2.01. The second-order valence-corrected chi connectivity index (χ2v) is 5.62. The van der Waals surface area contributed by atoms with Gasteiger partial charge in [-0.2, -0.15) is 5.10 Å². The number of hydrogen-bond donors (Lipinski definition) is 1. The lowest BCUT2D eigenvalue weighted by atomic mass is 10.2. The van der Waals surface area contributed by atoms with Gasteiger partial charge < -0.3 is 5.32 Å². The van der Waals surface area contributed by atoms with Gasteiger partial charge in [-0.15, -0.1) is 10.2 Å². The number of anilines is 1. The van der Waals surface area contributed by atoms with E-state index in [-0.39, 0.29) is 0 Å². The lowest BCUT2D eigenvalue weighted by Gasteiger charge is -2.05. The highest BCUT2D eigenvalue weighted by Gasteiger charge is 2.20. The minimum Gasteiger partial charge on any atom is -0.354 e. The number of nitrogens with one attached hydrogen (secondary N) is 1. The van der Waals surface area contributed by atoms with Crippen molar-refractivity contribution in [3.8, 4) is 0 Å². The average Bonchev–Trinajstić information content (AvgIpc) is 3.03. The summed E-state index contributed by atoms with van der Waals surface area (Å²) >= 11 is 1.63. The molecule has 0 fully saturated rings. The molecule has 0 aromatic carbocycles. The highest BCUT2D eigenvalue weighted by molar-refractivity contribution is 7.15. The van der Waals surface area contributed by atoms with Crippen LogP contribution in [-0.4, -0.2) is 20.0 Å². The van der Waals surface area contributed by atoms with Gasteiger partial charge in [0.2, 0.25) is 5.13 Å². The van der Waals surface area contributed by atoms with Crippen LogP contribution in [0.1, 0.15) is 35.3 Å². The average molecular weight is 263 g/mol. The lowest BCUT2D eigenvalue weighted by Crippen LogP contribution is -2.07. The molecule has 3 rings (SSSR count). The molecule has 0 saturated carbocycles. The molecular weight excluding hydrogens is 246 g/mol. The van der Waals surface area contributed by atoms with Gasteiger partial charge in [0.15, 0.2) is 0 Å². The largest absolute Gasteiger partial charge is 0.354 e. The number of nitrogens with zero attached hydrogens (tertiary/aromatic N) is 4. The van der Waals surface area contributed by atoms with Crippen molar-refractivity contribution >= 4 is 16.5 Å². The van der Waals surface area contributed by atoms with E-state index < -0.39 is 0 Å². The van der Waals surface area contributed by atoms with E-state index in [1.165, 1.54) is 23.4 Å². The van der Waals surface area contributed by atoms with E-state index in [9.17, 15) is 0 Å². The van der Waals surface area contributed by atoms with E-state index in [0.717, 1.165) is 35.9 Å². The van der Waals surface area contributed by atoms with Gasteiger partial charge in [-0.1, -0.05) is 18.3 Å². The Hall–Kier alpha value is -1.43. The highest BCUT2D eigenvalue weighted by Crippen LogP contribution is 2.25. The first-order valence-corrected chi connectivity index (χ1v) is 7.19. The zero-order valence-corrected chi connectivity index (χ0v) is 11.5. The summed E-state index contributed by atoms with van der Waals surface area (Å²) in [6, 6.07) is 0. The smallest absolute Gasteiger partial charge is 0.205 e. The molecule has 2 aromatic rings. The summed E-state index contributed by atoms with van der Waals surface area (Å²) < 4.78 is 2.00.